The van der Waals surface area contributed by atoms with E-state index in [2.05, 4.69) is 44.1 Å². The second-order valence-corrected chi connectivity index (χ2v) is 9.30. The number of ether oxygens (including phenoxy) is 2. The zero-order chi connectivity index (χ0) is 24.5. The van der Waals surface area contributed by atoms with Gasteiger partial charge in [0, 0.05) is 30.4 Å². The van der Waals surface area contributed by atoms with Gasteiger partial charge < -0.3 is 24.3 Å². The van der Waals surface area contributed by atoms with Gasteiger partial charge in [-0.25, -0.2) is 14.6 Å². The van der Waals surface area contributed by atoms with Gasteiger partial charge in [0.2, 0.25) is 5.95 Å². The number of amides is 3. The number of urea groups is 1. The lowest BCUT2D eigenvalue weighted by Gasteiger charge is -2.34. The number of likely N-dealkylation sites (tertiary alicyclic amines) is 1. The number of carbonyl (C=O) groups excluding carboxylic acids is 2. The van der Waals surface area contributed by atoms with Crippen molar-refractivity contribution >= 4 is 29.2 Å². The standard InChI is InChI=1S/C25H30N6O4/c1-15-4-6-30(7-5-15)25(33)31-8-9-35-21-16(2)10-17(11-19(21)14-31)18-12-20-22(26-13-18)28-23(27-20)29-24(32)34-3/h10-13,15H,4-9,14H2,1-3H3,(H2,26,27,28,29,32). The van der Waals surface area contributed by atoms with Crippen molar-refractivity contribution in [2.75, 3.05) is 38.7 Å². The van der Waals surface area contributed by atoms with Gasteiger partial charge >= 0.3 is 12.1 Å². The van der Waals surface area contributed by atoms with E-state index in [-0.39, 0.29) is 12.0 Å². The fourth-order valence-corrected chi connectivity index (χ4v) is 4.71. The zero-order valence-corrected chi connectivity index (χ0v) is 20.3. The predicted molar refractivity (Wildman–Crippen MR) is 131 cm³/mol. The van der Waals surface area contributed by atoms with Crippen LogP contribution in [0.4, 0.5) is 15.5 Å². The Labute approximate surface area is 203 Å². The Morgan fingerprint density at radius 1 is 1.14 bits per heavy atom. The third-order valence-corrected chi connectivity index (χ3v) is 6.72. The van der Waals surface area contributed by atoms with E-state index >= 15 is 0 Å². The Morgan fingerprint density at radius 2 is 1.94 bits per heavy atom. The largest absolute Gasteiger partial charge is 0.491 e. The fraction of sp³-hybridized carbons (Fsp3) is 0.440. The number of fused-ring (bicyclic) bond motifs is 2. The number of pyridine rings is 1. The zero-order valence-electron chi connectivity index (χ0n) is 20.3. The summed E-state index contributed by atoms with van der Waals surface area (Å²) in [6.07, 6.45) is 3.25. The Hall–Kier alpha value is -3.82. The van der Waals surface area contributed by atoms with Crippen molar-refractivity contribution < 1.29 is 19.1 Å². The van der Waals surface area contributed by atoms with Crippen molar-refractivity contribution in [3.8, 4) is 16.9 Å². The molecule has 2 aliphatic heterocycles. The van der Waals surface area contributed by atoms with Crippen molar-refractivity contribution in [3.63, 3.8) is 0 Å². The topological polar surface area (TPSA) is 113 Å². The number of nitrogens with one attached hydrogen (secondary N) is 2. The van der Waals surface area contributed by atoms with Crippen molar-refractivity contribution in [1.29, 1.82) is 0 Å². The minimum absolute atomic E-state index is 0.0857. The van der Waals surface area contributed by atoms with Crippen LogP contribution in [0.2, 0.25) is 0 Å². The van der Waals surface area contributed by atoms with Crippen LogP contribution in [0, 0.1) is 12.8 Å². The molecule has 1 fully saturated rings. The first-order valence-corrected chi connectivity index (χ1v) is 11.9. The number of aromatic nitrogens is 3. The van der Waals surface area contributed by atoms with Crippen LogP contribution in [-0.4, -0.2) is 70.2 Å². The summed E-state index contributed by atoms with van der Waals surface area (Å²) in [4.78, 5) is 40.4. The summed E-state index contributed by atoms with van der Waals surface area (Å²) >= 11 is 0. The number of imidazole rings is 1. The molecule has 0 radical (unpaired) electrons. The monoisotopic (exact) mass is 478 g/mol. The Bertz CT molecular complexity index is 1260. The highest BCUT2D eigenvalue weighted by Crippen LogP contribution is 2.34. The Balaban J connectivity index is 1.41. The van der Waals surface area contributed by atoms with Crippen LogP contribution in [0.3, 0.4) is 0 Å². The third kappa shape index (κ3) is 4.73. The number of H-pyrrole nitrogens is 1. The van der Waals surface area contributed by atoms with E-state index in [4.69, 9.17) is 4.74 Å². The number of benzene rings is 1. The SMILES string of the molecule is COC(=O)Nc1nc2ncc(-c3cc(C)c4c(c3)CN(C(=O)N3CCC(C)CC3)CCO4)cc2[nH]1. The maximum atomic E-state index is 13.2. The second-order valence-electron chi connectivity index (χ2n) is 9.30. The lowest BCUT2D eigenvalue weighted by molar-refractivity contribution is 0.129. The molecule has 1 saturated heterocycles. The normalized spacial score (nSPS) is 16.4. The highest BCUT2D eigenvalue weighted by Gasteiger charge is 2.28. The Morgan fingerprint density at radius 3 is 2.71 bits per heavy atom. The van der Waals surface area contributed by atoms with Gasteiger partial charge in [-0.3, -0.25) is 5.32 Å². The molecule has 0 bridgehead atoms. The van der Waals surface area contributed by atoms with Gasteiger partial charge in [0.25, 0.3) is 0 Å². The van der Waals surface area contributed by atoms with E-state index in [0.29, 0.717) is 36.8 Å². The second kappa shape index (κ2) is 9.44. The average molecular weight is 479 g/mol. The maximum absolute atomic E-state index is 13.2. The van der Waals surface area contributed by atoms with Crippen LogP contribution in [0.5, 0.6) is 5.75 Å². The fourth-order valence-electron chi connectivity index (χ4n) is 4.71. The molecule has 0 atom stereocenters. The van der Waals surface area contributed by atoms with E-state index in [1.807, 2.05) is 22.8 Å². The molecular formula is C25H30N6O4. The molecule has 0 aliphatic carbocycles. The summed E-state index contributed by atoms with van der Waals surface area (Å²) in [5, 5.41) is 2.52. The molecular weight excluding hydrogens is 448 g/mol. The van der Waals surface area contributed by atoms with E-state index < -0.39 is 6.09 Å². The van der Waals surface area contributed by atoms with Gasteiger partial charge in [-0.15, -0.1) is 0 Å². The molecule has 184 valence electrons. The van der Waals surface area contributed by atoms with Crippen molar-refractivity contribution in [3.05, 3.63) is 35.5 Å². The number of rotatable bonds is 2. The molecule has 4 heterocycles. The number of piperidine rings is 1. The first kappa shape index (κ1) is 22.9. The molecule has 3 aromatic rings. The summed E-state index contributed by atoms with van der Waals surface area (Å²) in [6, 6.07) is 6.16. The van der Waals surface area contributed by atoms with E-state index in [1.54, 1.807) is 6.20 Å². The molecule has 0 unspecified atom stereocenters. The lowest BCUT2D eigenvalue weighted by Crippen LogP contribution is -2.46. The summed E-state index contributed by atoms with van der Waals surface area (Å²) in [7, 11) is 1.29. The van der Waals surface area contributed by atoms with Crippen LogP contribution >= 0.6 is 0 Å². The summed E-state index contributed by atoms with van der Waals surface area (Å²) in [5.74, 6) is 1.78. The molecule has 0 spiro atoms. The number of hydrogen-bond acceptors (Lipinski definition) is 6. The molecule has 2 aliphatic rings. The van der Waals surface area contributed by atoms with Gasteiger partial charge in [-0.2, -0.15) is 4.98 Å². The first-order valence-electron chi connectivity index (χ1n) is 11.9. The van der Waals surface area contributed by atoms with Gasteiger partial charge in [0.1, 0.15) is 12.4 Å². The smallest absolute Gasteiger partial charge is 0.413 e. The number of aryl methyl sites for hydroxylation is 1. The van der Waals surface area contributed by atoms with Crippen molar-refractivity contribution in [1.82, 2.24) is 24.8 Å². The number of nitrogens with zero attached hydrogens (tertiary/aromatic N) is 4. The number of aromatic amines is 1. The quantitative estimate of drug-likeness (QED) is 0.572. The Kier molecular flexibility index (Phi) is 6.19. The first-order chi connectivity index (χ1) is 16.9. The van der Waals surface area contributed by atoms with Crippen LogP contribution in [0.1, 0.15) is 30.9 Å². The molecule has 2 aromatic heterocycles. The highest BCUT2D eigenvalue weighted by molar-refractivity contribution is 5.86. The molecule has 10 nitrogen and oxygen atoms in total. The molecule has 35 heavy (non-hydrogen) atoms. The van der Waals surface area contributed by atoms with Gasteiger partial charge in [-0.05, 0) is 55.0 Å². The molecule has 10 heteroatoms. The van der Waals surface area contributed by atoms with Gasteiger partial charge in [0.05, 0.1) is 25.7 Å². The van der Waals surface area contributed by atoms with Crippen LogP contribution in [0.15, 0.2) is 24.4 Å². The summed E-state index contributed by atoms with van der Waals surface area (Å²) in [6.45, 7) is 7.42. The van der Waals surface area contributed by atoms with Gasteiger partial charge in [0.15, 0.2) is 5.65 Å². The molecule has 2 N–H and O–H groups in total. The summed E-state index contributed by atoms with van der Waals surface area (Å²) < 4.78 is 10.7. The number of carbonyl (C=O) groups is 2. The maximum Gasteiger partial charge on any atom is 0.413 e. The summed E-state index contributed by atoms with van der Waals surface area (Å²) in [5.41, 5.74) is 5.03. The molecule has 0 saturated carbocycles. The highest BCUT2D eigenvalue weighted by atomic mass is 16.5. The van der Waals surface area contributed by atoms with E-state index in [0.717, 1.165) is 53.9 Å². The lowest BCUT2D eigenvalue weighted by atomic mass is 9.99. The average Bonchev–Trinajstić information content (AvgIpc) is 3.12. The van der Waals surface area contributed by atoms with Crippen LogP contribution in [0.25, 0.3) is 22.3 Å². The van der Waals surface area contributed by atoms with Crippen LogP contribution < -0.4 is 10.1 Å². The molecule has 5 rings (SSSR count). The molecule has 3 amide bonds. The number of methoxy groups -OCH3 is 1. The molecule has 1 aromatic carbocycles. The van der Waals surface area contributed by atoms with E-state index in [9.17, 15) is 9.59 Å². The third-order valence-electron chi connectivity index (χ3n) is 6.72. The minimum Gasteiger partial charge on any atom is -0.491 e. The van der Waals surface area contributed by atoms with Crippen LogP contribution in [-0.2, 0) is 11.3 Å². The van der Waals surface area contributed by atoms with Crippen molar-refractivity contribution in [2.45, 2.75) is 33.2 Å². The number of hydrogen-bond donors (Lipinski definition) is 2. The number of anilines is 1. The van der Waals surface area contributed by atoms with E-state index in [1.165, 1.54) is 7.11 Å². The predicted octanol–water partition coefficient (Wildman–Crippen LogP) is 4.16. The minimum atomic E-state index is -0.608. The van der Waals surface area contributed by atoms with Crippen molar-refractivity contribution in [2.24, 2.45) is 5.92 Å². The van der Waals surface area contributed by atoms with Gasteiger partial charge in [-0.1, -0.05) is 6.92 Å².